The third kappa shape index (κ3) is 4.27. The maximum atomic E-state index is 12.2. The molecule has 2 aromatic rings. The van der Waals surface area contributed by atoms with Crippen molar-refractivity contribution < 1.29 is 4.79 Å². The SMILES string of the molecule is Cl.Cl.N[C@@H]1CCC[C@H]1CC(=O)Nc1ccc2nc(C3CCC3)[nH]c2c1. The zero-order chi connectivity index (χ0) is 15.8. The van der Waals surface area contributed by atoms with E-state index in [0.717, 1.165) is 41.8 Å². The Hall–Kier alpha value is -1.30. The van der Waals surface area contributed by atoms with Crippen molar-refractivity contribution in [1.29, 1.82) is 0 Å². The van der Waals surface area contributed by atoms with Crippen LogP contribution in [0.1, 0.15) is 56.7 Å². The number of nitrogens with zero attached hydrogens (tertiary/aromatic N) is 1. The molecule has 1 heterocycles. The van der Waals surface area contributed by atoms with Gasteiger partial charge in [0.25, 0.3) is 0 Å². The van der Waals surface area contributed by atoms with Gasteiger partial charge in [-0.2, -0.15) is 0 Å². The van der Waals surface area contributed by atoms with Crippen molar-refractivity contribution in [3.05, 3.63) is 24.0 Å². The summed E-state index contributed by atoms with van der Waals surface area (Å²) in [6.07, 6.45) is 7.53. The third-order valence-corrected chi connectivity index (χ3v) is 5.44. The molecule has 0 radical (unpaired) electrons. The Bertz CT molecular complexity index is 729. The van der Waals surface area contributed by atoms with E-state index in [9.17, 15) is 4.79 Å². The van der Waals surface area contributed by atoms with Crippen molar-refractivity contribution in [3.8, 4) is 0 Å². The highest BCUT2D eigenvalue weighted by atomic mass is 35.5. The van der Waals surface area contributed by atoms with Crippen LogP contribution >= 0.6 is 24.8 Å². The highest BCUT2D eigenvalue weighted by Gasteiger charge is 2.26. The monoisotopic (exact) mass is 384 g/mol. The van der Waals surface area contributed by atoms with E-state index in [1.165, 1.54) is 19.3 Å². The molecule has 138 valence electrons. The largest absolute Gasteiger partial charge is 0.342 e. The molecule has 0 saturated heterocycles. The van der Waals surface area contributed by atoms with Crippen LogP contribution in [0.25, 0.3) is 11.0 Å². The summed E-state index contributed by atoms with van der Waals surface area (Å²) in [7, 11) is 0. The molecule has 2 saturated carbocycles. The molecular weight excluding hydrogens is 359 g/mol. The Morgan fingerprint density at radius 2 is 1.96 bits per heavy atom. The van der Waals surface area contributed by atoms with Gasteiger partial charge in [0, 0.05) is 24.1 Å². The maximum Gasteiger partial charge on any atom is 0.224 e. The standard InChI is InChI=1S/C18H24N4O.2ClH/c19-14-6-2-5-12(14)9-17(23)20-13-7-8-15-16(10-13)22-18(21-15)11-3-1-4-11;;/h7-8,10-12,14H,1-6,9,19H2,(H,20,23)(H,21,22);2*1H/t12-,14+;;/m0../s1. The van der Waals surface area contributed by atoms with E-state index in [-0.39, 0.29) is 36.8 Å². The number of anilines is 1. The van der Waals surface area contributed by atoms with Crippen LogP contribution in [-0.2, 0) is 4.79 Å². The Morgan fingerprint density at radius 1 is 1.20 bits per heavy atom. The first-order valence-corrected chi connectivity index (χ1v) is 8.74. The van der Waals surface area contributed by atoms with Crippen LogP contribution in [0, 0.1) is 5.92 Å². The average Bonchev–Trinajstić information content (AvgIpc) is 3.03. The topological polar surface area (TPSA) is 83.8 Å². The fourth-order valence-corrected chi connectivity index (χ4v) is 3.75. The highest BCUT2D eigenvalue weighted by Crippen LogP contribution is 2.35. The quantitative estimate of drug-likeness (QED) is 0.740. The van der Waals surface area contributed by atoms with Gasteiger partial charge in [0.2, 0.25) is 5.91 Å². The number of rotatable bonds is 4. The predicted octanol–water partition coefficient (Wildman–Crippen LogP) is 4.13. The molecule has 1 aromatic carbocycles. The summed E-state index contributed by atoms with van der Waals surface area (Å²) in [4.78, 5) is 20.3. The lowest BCUT2D eigenvalue weighted by molar-refractivity contribution is -0.117. The molecule has 4 N–H and O–H groups in total. The van der Waals surface area contributed by atoms with E-state index in [0.29, 0.717) is 18.3 Å². The van der Waals surface area contributed by atoms with Crippen LogP contribution in [0.15, 0.2) is 18.2 Å². The smallest absolute Gasteiger partial charge is 0.224 e. The molecule has 7 heteroatoms. The lowest BCUT2D eigenvalue weighted by atomic mass is 9.85. The van der Waals surface area contributed by atoms with Gasteiger partial charge in [-0.05, 0) is 49.8 Å². The number of fused-ring (bicyclic) bond motifs is 1. The summed E-state index contributed by atoms with van der Waals surface area (Å²) in [5.41, 5.74) is 8.86. The van der Waals surface area contributed by atoms with Gasteiger partial charge in [-0.25, -0.2) is 4.98 Å². The second-order valence-corrected chi connectivity index (χ2v) is 7.09. The Kier molecular flexibility index (Phi) is 6.72. The first kappa shape index (κ1) is 20.0. The van der Waals surface area contributed by atoms with Crippen LogP contribution in [0.2, 0.25) is 0 Å². The number of nitrogens with one attached hydrogen (secondary N) is 2. The summed E-state index contributed by atoms with van der Waals surface area (Å²) in [6.45, 7) is 0. The Balaban J connectivity index is 0.00000113. The number of benzene rings is 1. The van der Waals surface area contributed by atoms with Crippen molar-refractivity contribution in [1.82, 2.24) is 9.97 Å². The third-order valence-electron chi connectivity index (χ3n) is 5.44. The number of carbonyl (C=O) groups excluding carboxylic acids is 1. The average molecular weight is 385 g/mol. The predicted molar refractivity (Wildman–Crippen MR) is 106 cm³/mol. The second kappa shape index (κ2) is 8.39. The molecular formula is C18H26Cl2N4O. The minimum Gasteiger partial charge on any atom is -0.342 e. The van der Waals surface area contributed by atoms with Crippen molar-refractivity contribution in [2.24, 2.45) is 11.7 Å². The number of H-pyrrole nitrogens is 1. The molecule has 2 aliphatic rings. The van der Waals surface area contributed by atoms with E-state index in [4.69, 9.17) is 5.73 Å². The van der Waals surface area contributed by atoms with Gasteiger partial charge in [0.15, 0.2) is 0 Å². The number of hydrogen-bond acceptors (Lipinski definition) is 3. The zero-order valence-corrected chi connectivity index (χ0v) is 15.8. The number of aromatic amines is 1. The van der Waals surface area contributed by atoms with E-state index >= 15 is 0 Å². The highest BCUT2D eigenvalue weighted by molar-refractivity contribution is 5.93. The van der Waals surface area contributed by atoms with Crippen LogP contribution in [0.4, 0.5) is 5.69 Å². The van der Waals surface area contributed by atoms with E-state index < -0.39 is 0 Å². The summed E-state index contributed by atoms with van der Waals surface area (Å²) in [5, 5.41) is 3.01. The van der Waals surface area contributed by atoms with Gasteiger partial charge in [0.05, 0.1) is 11.0 Å². The van der Waals surface area contributed by atoms with Crippen LogP contribution in [0.5, 0.6) is 0 Å². The number of nitrogens with two attached hydrogens (primary N) is 1. The van der Waals surface area contributed by atoms with Gasteiger partial charge in [-0.1, -0.05) is 12.8 Å². The van der Waals surface area contributed by atoms with Crippen molar-refractivity contribution in [3.63, 3.8) is 0 Å². The molecule has 0 bridgehead atoms. The van der Waals surface area contributed by atoms with Crippen molar-refractivity contribution in [2.45, 2.75) is 56.9 Å². The minimum atomic E-state index is 0. The van der Waals surface area contributed by atoms with Crippen molar-refractivity contribution in [2.75, 3.05) is 5.32 Å². The van der Waals surface area contributed by atoms with Crippen LogP contribution in [-0.4, -0.2) is 21.9 Å². The lowest BCUT2D eigenvalue weighted by Crippen LogP contribution is -2.28. The molecule has 25 heavy (non-hydrogen) atoms. The molecule has 0 spiro atoms. The number of amides is 1. The summed E-state index contributed by atoms with van der Waals surface area (Å²) >= 11 is 0. The van der Waals surface area contributed by atoms with Crippen LogP contribution < -0.4 is 11.1 Å². The molecule has 1 amide bonds. The van der Waals surface area contributed by atoms with E-state index in [1.54, 1.807) is 0 Å². The molecule has 0 unspecified atom stereocenters. The number of aromatic nitrogens is 2. The van der Waals surface area contributed by atoms with E-state index in [2.05, 4.69) is 15.3 Å². The molecule has 4 rings (SSSR count). The summed E-state index contributed by atoms with van der Waals surface area (Å²) < 4.78 is 0. The van der Waals surface area contributed by atoms with Gasteiger partial charge in [0.1, 0.15) is 5.82 Å². The van der Waals surface area contributed by atoms with Gasteiger partial charge in [-0.15, -0.1) is 24.8 Å². The zero-order valence-electron chi connectivity index (χ0n) is 14.2. The number of imidazole rings is 1. The number of carbonyl (C=O) groups is 1. The molecule has 5 nitrogen and oxygen atoms in total. The second-order valence-electron chi connectivity index (χ2n) is 7.09. The van der Waals surface area contributed by atoms with Gasteiger partial charge in [-0.3, -0.25) is 4.79 Å². The Morgan fingerprint density at radius 3 is 2.60 bits per heavy atom. The van der Waals surface area contributed by atoms with Crippen molar-refractivity contribution >= 4 is 47.4 Å². The van der Waals surface area contributed by atoms with Crippen LogP contribution in [0.3, 0.4) is 0 Å². The molecule has 2 aliphatic carbocycles. The minimum absolute atomic E-state index is 0. The molecule has 2 fully saturated rings. The molecule has 0 aliphatic heterocycles. The summed E-state index contributed by atoms with van der Waals surface area (Å²) in [5.74, 6) is 2.07. The normalized spacial score (nSPS) is 22.8. The number of halogens is 2. The molecule has 2 atom stereocenters. The van der Waals surface area contributed by atoms with E-state index in [1.807, 2.05) is 18.2 Å². The first-order valence-electron chi connectivity index (χ1n) is 8.74. The number of hydrogen-bond donors (Lipinski definition) is 3. The maximum absolute atomic E-state index is 12.2. The van der Waals surface area contributed by atoms with Gasteiger partial charge < -0.3 is 16.0 Å². The Labute approximate surface area is 160 Å². The fourth-order valence-electron chi connectivity index (χ4n) is 3.75. The van der Waals surface area contributed by atoms with Gasteiger partial charge >= 0.3 is 0 Å². The lowest BCUT2D eigenvalue weighted by Gasteiger charge is -2.22. The summed E-state index contributed by atoms with van der Waals surface area (Å²) in [6, 6.07) is 6.07. The molecule has 1 aromatic heterocycles. The fraction of sp³-hybridized carbons (Fsp3) is 0.556. The first-order chi connectivity index (χ1) is 11.2.